The number of aromatic nitrogens is 1. The summed E-state index contributed by atoms with van der Waals surface area (Å²) in [5, 5.41) is 12.5. The predicted octanol–water partition coefficient (Wildman–Crippen LogP) is 2.26. The number of carbonyl (C=O) groups excluding carboxylic acids is 1. The lowest BCUT2D eigenvalue weighted by atomic mass is 10.3. The van der Waals surface area contributed by atoms with Crippen LogP contribution >= 0.6 is 11.3 Å². The average molecular weight is 326 g/mol. The summed E-state index contributed by atoms with van der Waals surface area (Å²) in [6.07, 6.45) is -0.162. The molecule has 2 rings (SSSR count). The first-order chi connectivity index (χ1) is 10.4. The summed E-state index contributed by atoms with van der Waals surface area (Å²) in [5.41, 5.74) is 0.207. The second kappa shape index (κ2) is 6.48. The molecule has 0 fully saturated rings. The summed E-state index contributed by atoms with van der Waals surface area (Å²) >= 11 is 1.01. The number of aryl methyl sites for hydroxylation is 1. The van der Waals surface area contributed by atoms with E-state index in [1.54, 1.807) is 12.3 Å². The molecule has 7 nitrogen and oxygen atoms in total. The van der Waals surface area contributed by atoms with Crippen LogP contribution in [0.5, 0.6) is 5.75 Å². The van der Waals surface area contributed by atoms with E-state index in [9.17, 15) is 24.1 Å². The maximum atomic E-state index is 13.1. The Hall–Kier alpha value is -2.55. The lowest BCUT2D eigenvalue weighted by Gasteiger charge is -2.06. The molecule has 0 unspecified atom stereocenters. The van der Waals surface area contributed by atoms with Gasteiger partial charge in [-0.25, -0.2) is 4.39 Å². The Balaban J connectivity index is 2.08. The molecular formula is C13H11FN2O5S. The molecule has 22 heavy (non-hydrogen) atoms. The Morgan fingerprint density at radius 3 is 2.82 bits per heavy atom. The van der Waals surface area contributed by atoms with Crippen molar-refractivity contribution < 1.29 is 18.8 Å². The van der Waals surface area contributed by atoms with Crippen LogP contribution in [0.4, 0.5) is 10.1 Å². The molecule has 0 aliphatic carbocycles. The molecule has 1 heterocycles. The fraction of sp³-hybridized carbons (Fsp3) is 0.231. The molecule has 0 atom stereocenters. The minimum atomic E-state index is -0.786. The fourth-order valence-corrected chi connectivity index (χ4v) is 2.53. The van der Waals surface area contributed by atoms with E-state index < -0.39 is 28.1 Å². The van der Waals surface area contributed by atoms with Crippen LogP contribution in [-0.2, 0) is 11.3 Å². The van der Waals surface area contributed by atoms with Crippen LogP contribution in [0.3, 0.4) is 0 Å². The van der Waals surface area contributed by atoms with E-state index in [-0.39, 0.29) is 17.8 Å². The Bertz CT molecular complexity index is 783. The smallest absolute Gasteiger partial charge is 0.313 e. The van der Waals surface area contributed by atoms with E-state index in [1.165, 1.54) is 4.57 Å². The van der Waals surface area contributed by atoms with E-state index in [4.69, 9.17) is 4.74 Å². The molecule has 1 aromatic heterocycles. The Morgan fingerprint density at radius 2 is 2.23 bits per heavy atom. The van der Waals surface area contributed by atoms with E-state index in [0.29, 0.717) is 5.69 Å². The Kier molecular flexibility index (Phi) is 4.66. The standard InChI is InChI=1S/C13H11FN2O5S/c1-8-7-22-13(18)15(8)5-4-12(17)21-11-6-9(14)2-3-10(11)16(19)20/h2-3,6-7H,4-5H2,1H3. The van der Waals surface area contributed by atoms with Gasteiger partial charge in [-0.05, 0) is 13.0 Å². The molecular weight excluding hydrogens is 315 g/mol. The van der Waals surface area contributed by atoms with Crippen molar-refractivity contribution >= 4 is 23.0 Å². The third-order valence-corrected chi connectivity index (χ3v) is 3.74. The van der Waals surface area contributed by atoms with Gasteiger partial charge < -0.3 is 9.30 Å². The van der Waals surface area contributed by atoms with Gasteiger partial charge in [0.25, 0.3) is 0 Å². The number of ether oxygens (including phenoxy) is 1. The third-order valence-electron chi connectivity index (χ3n) is 2.86. The number of nitro benzene ring substituents is 1. The van der Waals surface area contributed by atoms with Crippen LogP contribution in [0.15, 0.2) is 28.4 Å². The minimum Gasteiger partial charge on any atom is -0.419 e. The second-order valence-electron chi connectivity index (χ2n) is 4.39. The van der Waals surface area contributed by atoms with Crippen molar-refractivity contribution in [1.29, 1.82) is 0 Å². The molecule has 0 saturated heterocycles. The van der Waals surface area contributed by atoms with Crippen molar-refractivity contribution in [2.24, 2.45) is 0 Å². The SMILES string of the molecule is Cc1csc(=O)n1CCC(=O)Oc1cc(F)ccc1[N+](=O)[O-]. The van der Waals surface area contributed by atoms with Gasteiger partial charge >= 0.3 is 16.5 Å². The van der Waals surface area contributed by atoms with Gasteiger partial charge in [0.05, 0.1) is 11.3 Å². The van der Waals surface area contributed by atoms with Crippen LogP contribution in [0.25, 0.3) is 0 Å². The van der Waals surface area contributed by atoms with E-state index >= 15 is 0 Å². The molecule has 0 aliphatic rings. The molecule has 0 bridgehead atoms. The number of hydrogen-bond donors (Lipinski definition) is 0. The summed E-state index contributed by atoms with van der Waals surface area (Å²) in [6.45, 7) is 1.82. The number of carbonyl (C=O) groups is 1. The van der Waals surface area contributed by atoms with Crippen LogP contribution in [0, 0.1) is 22.9 Å². The highest BCUT2D eigenvalue weighted by atomic mass is 32.1. The molecule has 0 amide bonds. The molecule has 0 aliphatic heterocycles. The number of nitrogens with zero attached hydrogens (tertiary/aromatic N) is 2. The highest BCUT2D eigenvalue weighted by Crippen LogP contribution is 2.27. The van der Waals surface area contributed by atoms with E-state index in [0.717, 1.165) is 29.5 Å². The highest BCUT2D eigenvalue weighted by Gasteiger charge is 2.19. The molecule has 0 radical (unpaired) electrons. The number of rotatable bonds is 5. The van der Waals surface area contributed by atoms with Crippen molar-refractivity contribution in [2.45, 2.75) is 19.9 Å². The van der Waals surface area contributed by atoms with Crippen molar-refractivity contribution in [2.75, 3.05) is 0 Å². The maximum absolute atomic E-state index is 13.1. The van der Waals surface area contributed by atoms with Gasteiger partial charge in [0.1, 0.15) is 5.82 Å². The van der Waals surface area contributed by atoms with Crippen molar-refractivity contribution in [3.05, 3.63) is 54.9 Å². The topological polar surface area (TPSA) is 91.4 Å². The molecule has 9 heteroatoms. The molecule has 0 spiro atoms. The monoisotopic (exact) mass is 326 g/mol. The molecule has 116 valence electrons. The Labute approximate surface area is 127 Å². The van der Waals surface area contributed by atoms with Crippen LogP contribution in [0.1, 0.15) is 12.1 Å². The van der Waals surface area contributed by atoms with Crippen molar-refractivity contribution in [3.8, 4) is 5.75 Å². The maximum Gasteiger partial charge on any atom is 0.313 e. The van der Waals surface area contributed by atoms with Gasteiger partial charge in [0, 0.05) is 29.8 Å². The molecule has 0 saturated carbocycles. The van der Waals surface area contributed by atoms with Gasteiger partial charge in [0.2, 0.25) is 5.75 Å². The highest BCUT2D eigenvalue weighted by molar-refractivity contribution is 7.07. The van der Waals surface area contributed by atoms with Gasteiger partial charge in [-0.1, -0.05) is 11.3 Å². The quantitative estimate of drug-likeness (QED) is 0.364. The predicted molar refractivity (Wildman–Crippen MR) is 76.6 cm³/mol. The molecule has 2 aromatic rings. The summed E-state index contributed by atoms with van der Waals surface area (Å²) in [4.78, 5) is 33.0. The van der Waals surface area contributed by atoms with Crippen LogP contribution < -0.4 is 9.61 Å². The van der Waals surface area contributed by atoms with Crippen molar-refractivity contribution in [3.63, 3.8) is 0 Å². The molecule has 1 aromatic carbocycles. The summed E-state index contributed by atoms with van der Waals surface area (Å²) in [5.74, 6) is -1.99. The lowest BCUT2D eigenvalue weighted by molar-refractivity contribution is -0.385. The summed E-state index contributed by atoms with van der Waals surface area (Å²) in [7, 11) is 0. The molecule has 0 N–H and O–H groups in total. The minimum absolute atomic E-state index is 0.0934. The first-order valence-corrected chi connectivity index (χ1v) is 7.06. The zero-order valence-electron chi connectivity index (χ0n) is 11.4. The summed E-state index contributed by atoms with van der Waals surface area (Å²) in [6, 6.07) is 2.60. The number of nitro groups is 1. The average Bonchev–Trinajstić information content (AvgIpc) is 2.75. The van der Waals surface area contributed by atoms with Crippen LogP contribution in [-0.4, -0.2) is 15.5 Å². The second-order valence-corrected chi connectivity index (χ2v) is 5.21. The van der Waals surface area contributed by atoms with Gasteiger partial charge in [-0.15, -0.1) is 0 Å². The Morgan fingerprint density at radius 1 is 1.50 bits per heavy atom. The lowest BCUT2D eigenvalue weighted by Crippen LogP contribution is -2.19. The largest absolute Gasteiger partial charge is 0.419 e. The fourth-order valence-electron chi connectivity index (χ4n) is 1.77. The zero-order chi connectivity index (χ0) is 16.3. The van der Waals surface area contributed by atoms with E-state index in [1.807, 2.05) is 0 Å². The number of hydrogen-bond acceptors (Lipinski definition) is 6. The van der Waals surface area contributed by atoms with Gasteiger partial charge in [0.15, 0.2) is 0 Å². The van der Waals surface area contributed by atoms with Gasteiger partial charge in [-0.3, -0.25) is 19.7 Å². The first-order valence-electron chi connectivity index (χ1n) is 6.18. The number of benzene rings is 1. The first kappa shape index (κ1) is 15.8. The van der Waals surface area contributed by atoms with E-state index in [2.05, 4.69) is 0 Å². The number of thiazole rings is 1. The van der Waals surface area contributed by atoms with Crippen molar-refractivity contribution in [1.82, 2.24) is 4.57 Å². The van der Waals surface area contributed by atoms with Gasteiger partial charge in [-0.2, -0.15) is 0 Å². The zero-order valence-corrected chi connectivity index (χ0v) is 12.3. The number of esters is 1. The number of halogens is 1. The normalized spacial score (nSPS) is 10.5. The third kappa shape index (κ3) is 3.55. The summed E-state index contributed by atoms with van der Waals surface area (Å²) < 4.78 is 19.3. The van der Waals surface area contributed by atoms with Crippen LogP contribution in [0.2, 0.25) is 0 Å².